The van der Waals surface area contributed by atoms with E-state index in [-0.39, 0.29) is 0 Å². The molecular formula is C17H25N. The second-order valence-corrected chi connectivity index (χ2v) is 6.23. The van der Waals surface area contributed by atoms with Gasteiger partial charge in [-0.25, -0.2) is 0 Å². The molecule has 1 N–H and O–H groups in total. The Bertz CT molecular complexity index is 388. The summed E-state index contributed by atoms with van der Waals surface area (Å²) in [6.07, 6.45) is 8.53. The molecule has 1 aromatic rings. The smallest absolute Gasteiger partial charge is 0.0208 e. The molecule has 0 bridgehead atoms. The highest BCUT2D eigenvalue weighted by Crippen LogP contribution is 2.40. The molecule has 1 heteroatoms. The van der Waals surface area contributed by atoms with Gasteiger partial charge in [-0.3, -0.25) is 0 Å². The molecule has 2 aliphatic rings. The first kappa shape index (κ1) is 12.2. The molecule has 0 heterocycles. The minimum atomic E-state index is 0.678. The van der Waals surface area contributed by atoms with E-state index in [2.05, 4.69) is 36.5 Å². The molecule has 1 aromatic carbocycles. The number of rotatable bonds is 5. The maximum atomic E-state index is 3.73. The third-order valence-electron chi connectivity index (χ3n) is 4.73. The zero-order valence-corrected chi connectivity index (χ0v) is 11.5. The topological polar surface area (TPSA) is 12.0 Å². The zero-order valence-electron chi connectivity index (χ0n) is 11.5. The molecule has 3 rings (SSSR count). The third-order valence-corrected chi connectivity index (χ3v) is 4.73. The summed E-state index contributed by atoms with van der Waals surface area (Å²) in [5.74, 6) is 1.79. The Balaban J connectivity index is 1.53. The van der Waals surface area contributed by atoms with Gasteiger partial charge in [-0.1, -0.05) is 37.1 Å². The minimum absolute atomic E-state index is 0.678. The maximum Gasteiger partial charge on any atom is 0.0208 e. The zero-order chi connectivity index (χ0) is 12.4. The highest BCUT2D eigenvalue weighted by molar-refractivity contribution is 5.29. The van der Waals surface area contributed by atoms with Gasteiger partial charge in [0, 0.05) is 12.6 Å². The van der Waals surface area contributed by atoms with E-state index in [1.165, 1.54) is 44.1 Å². The molecule has 0 aliphatic heterocycles. The van der Waals surface area contributed by atoms with Crippen molar-refractivity contribution in [2.24, 2.45) is 5.92 Å². The summed E-state index contributed by atoms with van der Waals surface area (Å²) in [6, 6.07) is 9.87. The first-order valence-corrected chi connectivity index (χ1v) is 7.65. The number of benzene rings is 1. The number of nitrogens with one attached hydrogen (secondary N) is 1. The van der Waals surface area contributed by atoms with Crippen molar-refractivity contribution in [3.63, 3.8) is 0 Å². The number of hydrogen-bond donors (Lipinski definition) is 1. The molecule has 1 atom stereocenters. The van der Waals surface area contributed by atoms with Crippen LogP contribution in [0.2, 0.25) is 0 Å². The first-order valence-electron chi connectivity index (χ1n) is 7.65. The Morgan fingerprint density at radius 1 is 1.17 bits per heavy atom. The predicted octanol–water partition coefficient (Wildman–Crippen LogP) is 4.23. The van der Waals surface area contributed by atoms with Crippen molar-refractivity contribution in [1.82, 2.24) is 5.32 Å². The van der Waals surface area contributed by atoms with Crippen LogP contribution in [0.25, 0.3) is 0 Å². The van der Waals surface area contributed by atoms with E-state index in [0.717, 1.165) is 18.4 Å². The second kappa shape index (κ2) is 5.44. The van der Waals surface area contributed by atoms with Crippen LogP contribution in [0.3, 0.4) is 0 Å². The molecule has 0 unspecified atom stereocenters. The quantitative estimate of drug-likeness (QED) is 0.816. The second-order valence-electron chi connectivity index (χ2n) is 6.23. The predicted molar refractivity (Wildman–Crippen MR) is 76.7 cm³/mol. The third kappa shape index (κ3) is 2.95. The summed E-state index contributed by atoms with van der Waals surface area (Å²) in [5, 5.41) is 3.73. The summed E-state index contributed by atoms with van der Waals surface area (Å²) in [5.41, 5.74) is 3.02. The lowest BCUT2D eigenvalue weighted by Crippen LogP contribution is -2.31. The van der Waals surface area contributed by atoms with Crippen LogP contribution in [0.5, 0.6) is 0 Å². The van der Waals surface area contributed by atoms with Crippen LogP contribution >= 0.6 is 0 Å². The summed E-state index contributed by atoms with van der Waals surface area (Å²) < 4.78 is 0. The molecule has 2 aliphatic carbocycles. The molecule has 0 amide bonds. The van der Waals surface area contributed by atoms with Crippen LogP contribution in [0.15, 0.2) is 24.3 Å². The van der Waals surface area contributed by atoms with E-state index >= 15 is 0 Å². The minimum Gasteiger partial charge on any atom is -0.310 e. The number of hydrogen-bond acceptors (Lipinski definition) is 1. The lowest BCUT2D eigenvalue weighted by molar-refractivity contribution is 0.380. The molecule has 2 saturated carbocycles. The molecule has 2 fully saturated rings. The van der Waals surface area contributed by atoms with E-state index < -0.39 is 0 Å². The lowest BCUT2D eigenvalue weighted by atomic mass is 9.99. The molecule has 0 saturated heterocycles. The molecule has 1 nitrogen and oxygen atoms in total. The summed E-state index contributed by atoms with van der Waals surface area (Å²) >= 11 is 0. The van der Waals surface area contributed by atoms with E-state index in [9.17, 15) is 0 Å². The van der Waals surface area contributed by atoms with Crippen molar-refractivity contribution in [2.75, 3.05) is 0 Å². The molecule has 18 heavy (non-hydrogen) atoms. The van der Waals surface area contributed by atoms with Gasteiger partial charge < -0.3 is 5.32 Å². The van der Waals surface area contributed by atoms with Gasteiger partial charge >= 0.3 is 0 Å². The van der Waals surface area contributed by atoms with Gasteiger partial charge in [-0.05, 0) is 55.6 Å². The SMILES string of the molecule is C[C@@H](NCc1cccc(C2CC2)c1)C1CCCC1. The van der Waals surface area contributed by atoms with Gasteiger partial charge in [-0.2, -0.15) is 0 Å². The van der Waals surface area contributed by atoms with E-state index in [1.807, 2.05) is 0 Å². The van der Waals surface area contributed by atoms with Gasteiger partial charge in [0.05, 0.1) is 0 Å². The van der Waals surface area contributed by atoms with Crippen molar-refractivity contribution in [3.8, 4) is 0 Å². The summed E-state index contributed by atoms with van der Waals surface area (Å²) in [7, 11) is 0. The molecule has 98 valence electrons. The van der Waals surface area contributed by atoms with E-state index in [4.69, 9.17) is 0 Å². The van der Waals surface area contributed by atoms with Crippen molar-refractivity contribution in [3.05, 3.63) is 35.4 Å². The van der Waals surface area contributed by atoms with Crippen molar-refractivity contribution >= 4 is 0 Å². The largest absolute Gasteiger partial charge is 0.310 e. The van der Waals surface area contributed by atoms with Crippen LogP contribution in [-0.4, -0.2) is 6.04 Å². The van der Waals surface area contributed by atoms with E-state index in [1.54, 1.807) is 5.56 Å². The summed E-state index contributed by atoms with van der Waals surface area (Å²) in [6.45, 7) is 3.40. The fourth-order valence-electron chi connectivity index (χ4n) is 3.28. The van der Waals surface area contributed by atoms with Gasteiger partial charge in [0.2, 0.25) is 0 Å². The van der Waals surface area contributed by atoms with E-state index in [0.29, 0.717) is 6.04 Å². The molecular weight excluding hydrogens is 218 g/mol. The first-order chi connectivity index (χ1) is 8.83. The Hall–Kier alpha value is -0.820. The Kier molecular flexibility index (Phi) is 3.69. The standard InChI is InChI=1S/C17H25N/c1-13(15-6-2-3-7-15)18-12-14-5-4-8-17(11-14)16-9-10-16/h4-5,8,11,13,15-16,18H,2-3,6-7,9-10,12H2,1H3/t13-/m1/s1. The van der Waals surface area contributed by atoms with Crippen LogP contribution in [0.4, 0.5) is 0 Å². The maximum absolute atomic E-state index is 3.73. The average Bonchev–Trinajstić information content (AvgIpc) is 3.11. The van der Waals surface area contributed by atoms with Gasteiger partial charge in [0.15, 0.2) is 0 Å². The average molecular weight is 243 g/mol. The monoisotopic (exact) mass is 243 g/mol. The van der Waals surface area contributed by atoms with Crippen molar-refractivity contribution in [2.45, 2.75) is 64.0 Å². The summed E-state index contributed by atoms with van der Waals surface area (Å²) in [4.78, 5) is 0. The van der Waals surface area contributed by atoms with Crippen molar-refractivity contribution in [1.29, 1.82) is 0 Å². The normalized spacial score (nSPS) is 22.3. The van der Waals surface area contributed by atoms with Gasteiger partial charge in [0.25, 0.3) is 0 Å². The lowest BCUT2D eigenvalue weighted by Gasteiger charge is -2.20. The Morgan fingerprint density at radius 2 is 1.94 bits per heavy atom. The van der Waals surface area contributed by atoms with Gasteiger partial charge in [0.1, 0.15) is 0 Å². The van der Waals surface area contributed by atoms with Gasteiger partial charge in [-0.15, -0.1) is 0 Å². The highest BCUT2D eigenvalue weighted by atomic mass is 14.9. The molecule has 0 radical (unpaired) electrons. The van der Waals surface area contributed by atoms with Crippen LogP contribution in [0.1, 0.15) is 62.5 Å². The van der Waals surface area contributed by atoms with Crippen molar-refractivity contribution < 1.29 is 0 Å². The molecule has 0 spiro atoms. The Labute approximate surface area is 111 Å². The molecule has 0 aromatic heterocycles. The van der Waals surface area contributed by atoms with Crippen LogP contribution in [-0.2, 0) is 6.54 Å². The highest BCUT2D eigenvalue weighted by Gasteiger charge is 2.24. The Morgan fingerprint density at radius 3 is 2.67 bits per heavy atom. The van der Waals surface area contributed by atoms with Crippen LogP contribution in [0, 0.1) is 5.92 Å². The van der Waals surface area contributed by atoms with Crippen LogP contribution < -0.4 is 5.32 Å². The fourth-order valence-corrected chi connectivity index (χ4v) is 3.28. The fraction of sp³-hybridized carbons (Fsp3) is 0.647.